The average Bonchev–Trinajstić information content (AvgIpc) is 2.97. The molecule has 0 bridgehead atoms. The normalized spacial score (nSPS) is 17.3. The Morgan fingerprint density at radius 1 is 0.619 bits per heavy atom. The molecule has 1 aromatic carbocycles. The lowest BCUT2D eigenvalue weighted by Crippen LogP contribution is -2.50. The van der Waals surface area contributed by atoms with Crippen LogP contribution in [0.3, 0.4) is 0 Å². The zero-order chi connectivity index (χ0) is 32.5. The van der Waals surface area contributed by atoms with Gasteiger partial charge in [0, 0.05) is 16.7 Å². The number of benzene rings is 1. The van der Waals surface area contributed by atoms with E-state index in [9.17, 15) is 55.2 Å². The zero-order valence-corrected chi connectivity index (χ0v) is 28.0. The van der Waals surface area contributed by atoms with Gasteiger partial charge in [-0.2, -0.15) is 0 Å². The number of aliphatic hydroxyl groups excluding tert-OH is 10. The van der Waals surface area contributed by atoms with Crippen molar-refractivity contribution >= 4 is 91.2 Å². The maximum absolute atomic E-state index is 13.2. The lowest BCUT2D eigenvalue weighted by molar-refractivity contribution is -0.114. The highest BCUT2D eigenvalue weighted by molar-refractivity contribution is 14.1. The van der Waals surface area contributed by atoms with Gasteiger partial charge in [0.1, 0.15) is 36.6 Å². The zero-order valence-electron chi connectivity index (χ0n) is 21.6. The van der Waals surface area contributed by atoms with Crippen molar-refractivity contribution in [2.75, 3.05) is 38.2 Å². The van der Waals surface area contributed by atoms with Gasteiger partial charge in [0.05, 0.1) is 55.9 Å². The predicted octanol–water partition coefficient (Wildman–Crippen LogP) is -5.27. The minimum absolute atomic E-state index is 0.0199. The molecule has 0 spiro atoms. The van der Waals surface area contributed by atoms with E-state index in [2.05, 4.69) is 16.0 Å². The van der Waals surface area contributed by atoms with E-state index < -0.39 is 99.4 Å². The number of hydrogen-bond donors (Lipinski definition) is 14. The Labute approximate surface area is 279 Å². The van der Waals surface area contributed by atoms with E-state index in [1.54, 1.807) is 67.8 Å². The van der Waals surface area contributed by atoms with Crippen molar-refractivity contribution in [1.82, 2.24) is 10.6 Å². The van der Waals surface area contributed by atoms with Crippen LogP contribution in [0.2, 0.25) is 0 Å². The number of carbonyl (C=O) groups is 3. The molecular formula is C22H33I3N4O13. The number of aliphatic hydroxyl groups is 10. The first kappa shape index (κ1) is 39.4. The van der Waals surface area contributed by atoms with E-state index in [1.807, 2.05) is 0 Å². The number of hydrogen-bond acceptors (Lipinski definition) is 14. The van der Waals surface area contributed by atoms with Crippen molar-refractivity contribution < 1.29 is 65.4 Å². The number of carbonyl (C=O) groups excluding carboxylic acids is 3. The molecule has 0 heterocycles. The molecule has 1 aromatic rings. The summed E-state index contributed by atoms with van der Waals surface area (Å²) in [6.07, 6.45) is -14.9. The van der Waals surface area contributed by atoms with Crippen LogP contribution >= 0.6 is 67.8 Å². The van der Waals surface area contributed by atoms with Crippen molar-refractivity contribution in [3.63, 3.8) is 0 Å². The first-order chi connectivity index (χ1) is 19.5. The fourth-order valence-corrected chi connectivity index (χ4v) is 7.72. The van der Waals surface area contributed by atoms with Crippen LogP contribution in [0.15, 0.2) is 0 Å². The van der Waals surface area contributed by atoms with Crippen molar-refractivity contribution in [3.05, 3.63) is 21.8 Å². The second-order valence-corrected chi connectivity index (χ2v) is 12.1. The molecule has 0 saturated carbocycles. The van der Waals surface area contributed by atoms with Crippen molar-refractivity contribution in [3.8, 4) is 0 Å². The van der Waals surface area contributed by atoms with Gasteiger partial charge in [-0.25, -0.2) is 0 Å². The molecule has 240 valence electrons. The molecule has 0 radical (unpaired) electrons. The third-order valence-electron chi connectivity index (χ3n) is 5.82. The van der Waals surface area contributed by atoms with Crippen LogP contribution in [0.1, 0.15) is 20.7 Å². The topological polar surface area (TPSA) is 316 Å². The lowest BCUT2D eigenvalue weighted by atomic mass is 10.0. The van der Waals surface area contributed by atoms with Gasteiger partial charge in [-0.1, -0.05) is 0 Å². The maximum Gasteiger partial charge on any atom is 0.253 e. The van der Waals surface area contributed by atoms with Crippen LogP contribution in [0, 0.1) is 10.7 Å². The number of nitrogens with one attached hydrogen (secondary N) is 3. The first-order valence-electron chi connectivity index (χ1n) is 12.0. The molecule has 0 aliphatic rings. The Kier molecular flexibility index (Phi) is 17.2. The molecule has 3 amide bonds. The van der Waals surface area contributed by atoms with Gasteiger partial charge < -0.3 is 72.7 Å². The van der Waals surface area contributed by atoms with Crippen molar-refractivity contribution in [2.24, 2.45) is 5.73 Å². The van der Waals surface area contributed by atoms with E-state index in [4.69, 9.17) is 15.9 Å². The molecule has 8 atom stereocenters. The van der Waals surface area contributed by atoms with Gasteiger partial charge in [0.2, 0.25) is 5.91 Å². The first-order valence-corrected chi connectivity index (χ1v) is 15.2. The number of amides is 3. The fraction of sp³-hybridized carbons (Fsp3) is 0.591. The molecule has 1 rings (SSSR count). The number of nitrogens with two attached hydrogens (primary N) is 1. The third-order valence-corrected chi connectivity index (χ3v) is 9.05. The smallest absolute Gasteiger partial charge is 0.253 e. The summed E-state index contributed by atoms with van der Waals surface area (Å²) in [7, 11) is 0. The summed E-state index contributed by atoms with van der Waals surface area (Å²) in [5, 5.41) is 104. The molecule has 0 aliphatic carbocycles. The van der Waals surface area contributed by atoms with E-state index in [1.165, 1.54) is 0 Å². The number of rotatable bonds is 16. The molecule has 15 N–H and O–H groups in total. The summed E-state index contributed by atoms with van der Waals surface area (Å²) in [6.45, 7) is -3.55. The van der Waals surface area contributed by atoms with E-state index in [-0.39, 0.29) is 27.5 Å². The monoisotopic (exact) mass is 942 g/mol. The molecule has 42 heavy (non-hydrogen) atoms. The van der Waals surface area contributed by atoms with Gasteiger partial charge in [0.25, 0.3) is 11.8 Å². The van der Waals surface area contributed by atoms with Crippen LogP contribution in [0.4, 0.5) is 5.69 Å². The minimum Gasteiger partial charge on any atom is -0.394 e. The average molecular weight is 942 g/mol. The highest BCUT2D eigenvalue weighted by Crippen LogP contribution is 2.35. The van der Waals surface area contributed by atoms with Gasteiger partial charge >= 0.3 is 0 Å². The second kappa shape index (κ2) is 18.4. The lowest BCUT2D eigenvalue weighted by Gasteiger charge is -2.26. The Balaban J connectivity index is 3.35. The Bertz CT molecular complexity index is 1030. The summed E-state index contributed by atoms with van der Waals surface area (Å²) >= 11 is 5.15. The number of halogens is 3. The number of anilines is 1. The summed E-state index contributed by atoms with van der Waals surface area (Å²) in [5.41, 5.74) is 5.09. The minimum atomic E-state index is -1.96. The molecule has 0 aliphatic heterocycles. The third kappa shape index (κ3) is 10.2. The maximum atomic E-state index is 13.2. The summed E-state index contributed by atoms with van der Waals surface area (Å²) < 4.78 is 0.345. The quantitative estimate of drug-likeness (QED) is 0.0690. The van der Waals surface area contributed by atoms with Gasteiger partial charge in [0.15, 0.2) is 0 Å². The largest absolute Gasteiger partial charge is 0.394 e. The van der Waals surface area contributed by atoms with Crippen LogP contribution in [0.5, 0.6) is 0 Å². The van der Waals surface area contributed by atoms with E-state index in [0.717, 1.165) is 0 Å². The van der Waals surface area contributed by atoms with Crippen LogP contribution in [-0.2, 0) is 4.79 Å². The summed E-state index contributed by atoms with van der Waals surface area (Å²) in [6, 6.07) is 0. The standard InChI is InChI=1S/C22H33I3N4O13/c23-13-11(21(41)27-2-6(32)17(37)19(39)8(34)4-30)14(24)16(29-10(36)1-26)15(25)12(13)22(42)28-3-7(33)18(38)20(40)9(35)5-31/h6-9,17-20,30-35,37-40H,1-5,26H2,(H,27,41)(H,28,42)(H,29,36). The van der Waals surface area contributed by atoms with Crippen LogP contribution in [-0.4, -0.2) is 150 Å². The Morgan fingerprint density at radius 2 is 0.952 bits per heavy atom. The molecular weight excluding hydrogens is 909 g/mol. The Hall–Kier alpha value is -0.620. The fourth-order valence-electron chi connectivity index (χ4n) is 3.30. The van der Waals surface area contributed by atoms with Gasteiger partial charge in [-0.3, -0.25) is 14.4 Å². The van der Waals surface area contributed by atoms with Gasteiger partial charge in [-0.15, -0.1) is 0 Å². The molecule has 8 unspecified atom stereocenters. The summed E-state index contributed by atoms with van der Waals surface area (Å²) in [5.74, 6) is -2.45. The van der Waals surface area contributed by atoms with Crippen molar-refractivity contribution in [1.29, 1.82) is 0 Å². The predicted molar refractivity (Wildman–Crippen MR) is 169 cm³/mol. The van der Waals surface area contributed by atoms with Crippen molar-refractivity contribution in [2.45, 2.75) is 48.8 Å². The van der Waals surface area contributed by atoms with Gasteiger partial charge in [-0.05, 0) is 67.8 Å². The van der Waals surface area contributed by atoms with E-state index in [0.29, 0.717) is 0 Å². The van der Waals surface area contributed by atoms with Crippen LogP contribution in [0.25, 0.3) is 0 Å². The second-order valence-electron chi connectivity index (χ2n) is 8.84. The van der Waals surface area contributed by atoms with Crippen LogP contribution < -0.4 is 21.7 Å². The molecule has 0 saturated heterocycles. The SMILES string of the molecule is NCC(=O)Nc1c(I)c(C(=O)NCC(O)C(O)C(O)C(O)CO)c(I)c(C(=O)NCC(O)C(O)C(O)C(O)CO)c1I. The summed E-state index contributed by atoms with van der Waals surface area (Å²) in [4.78, 5) is 38.5. The highest BCUT2D eigenvalue weighted by atomic mass is 127. The molecule has 0 aromatic heterocycles. The molecule has 20 heteroatoms. The van der Waals surface area contributed by atoms with E-state index >= 15 is 0 Å². The molecule has 17 nitrogen and oxygen atoms in total. The Morgan fingerprint density at radius 3 is 1.26 bits per heavy atom. The molecule has 0 fully saturated rings. The highest BCUT2D eigenvalue weighted by Gasteiger charge is 2.33.